The van der Waals surface area contributed by atoms with Gasteiger partial charge in [0.15, 0.2) is 5.69 Å². The predicted octanol–water partition coefficient (Wildman–Crippen LogP) is 3.21. The Morgan fingerprint density at radius 1 is 1.19 bits per heavy atom. The third kappa shape index (κ3) is 4.22. The fourth-order valence-electron chi connectivity index (χ4n) is 2.58. The van der Waals surface area contributed by atoms with Crippen molar-refractivity contribution in [1.82, 2.24) is 19.5 Å². The van der Waals surface area contributed by atoms with Crippen LogP contribution < -0.4 is 10.1 Å². The Labute approximate surface area is 157 Å². The molecule has 1 aromatic carbocycles. The number of aryl methyl sites for hydroxylation is 2. The molecule has 0 radical (unpaired) electrons. The summed E-state index contributed by atoms with van der Waals surface area (Å²) in [6, 6.07) is 7.21. The largest absolute Gasteiger partial charge is 0.494 e. The molecule has 0 spiro atoms. The summed E-state index contributed by atoms with van der Waals surface area (Å²) in [6.07, 6.45) is 3.65. The number of nitrogens with one attached hydrogen (secondary N) is 1. The first-order valence-electron chi connectivity index (χ1n) is 8.49. The van der Waals surface area contributed by atoms with Gasteiger partial charge in [-0.3, -0.25) is 0 Å². The minimum Gasteiger partial charge on any atom is -0.494 e. The molecule has 27 heavy (non-hydrogen) atoms. The van der Waals surface area contributed by atoms with E-state index in [1.807, 2.05) is 35.9 Å². The Morgan fingerprint density at radius 3 is 2.67 bits per heavy atom. The van der Waals surface area contributed by atoms with E-state index in [1.165, 1.54) is 0 Å². The van der Waals surface area contributed by atoms with Crippen LogP contribution in [0.4, 0.5) is 11.6 Å². The molecule has 0 atom stereocenters. The van der Waals surface area contributed by atoms with Crippen LogP contribution in [0.5, 0.6) is 5.75 Å². The third-order valence-corrected chi connectivity index (χ3v) is 3.76. The van der Waals surface area contributed by atoms with Crippen molar-refractivity contribution in [2.75, 3.05) is 19.0 Å². The van der Waals surface area contributed by atoms with Gasteiger partial charge in [-0.05, 0) is 39.0 Å². The van der Waals surface area contributed by atoms with Gasteiger partial charge in [0.2, 0.25) is 5.95 Å². The summed E-state index contributed by atoms with van der Waals surface area (Å²) in [7, 11) is 1.61. The van der Waals surface area contributed by atoms with Gasteiger partial charge in [0.05, 0.1) is 31.4 Å². The molecule has 0 bridgehead atoms. The molecule has 0 aliphatic rings. The number of hydrogen-bond donors (Lipinski definition) is 1. The highest BCUT2D eigenvalue weighted by Gasteiger charge is 2.13. The zero-order valence-corrected chi connectivity index (χ0v) is 15.7. The number of ether oxygens (including phenoxy) is 2. The maximum Gasteiger partial charge on any atom is 0.357 e. The summed E-state index contributed by atoms with van der Waals surface area (Å²) in [5.74, 6) is 0.497. The molecule has 0 saturated carbocycles. The standard InChI is InChI=1S/C19H21N5O3/c1-5-27-18(25)15-8-12(2)21-19(23-15)22-14-6-7-16(17(9-14)26-4)24-10-13(3)20-11-24/h6-11H,5H2,1-4H3,(H,21,22,23). The van der Waals surface area contributed by atoms with Crippen molar-refractivity contribution in [3.63, 3.8) is 0 Å². The van der Waals surface area contributed by atoms with Gasteiger partial charge >= 0.3 is 5.97 Å². The van der Waals surface area contributed by atoms with E-state index < -0.39 is 5.97 Å². The number of aromatic nitrogens is 4. The fraction of sp³-hybridized carbons (Fsp3) is 0.263. The molecule has 8 nitrogen and oxygen atoms in total. The van der Waals surface area contributed by atoms with Crippen LogP contribution in [0.25, 0.3) is 5.69 Å². The van der Waals surface area contributed by atoms with Crippen molar-refractivity contribution < 1.29 is 14.3 Å². The lowest BCUT2D eigenvalue weighted by Crippen LogP contribution is -2.10. The molecule has 3 aromatic rings. The highest BCUT2D eigenvalue weighted by Crippen LogP contribution is 2.28. The van der Waals surface area contributed by atoms with Crippen molar-refractivity contribution >= 4 is 17.6 Å². The van der Waals surface area contributed by atoms with Crippen molar-refractivity contribution in [1.29, 1.82) is 0 Å². The van der Waals surface area contributed by atoms with Crippen molar-refractivity contribution in [2.45, 2.75) is 20.8 Å². The van der Waals surface area contributed by atoms with Crippen LogP contribution in [0.2, 0.25) is 0 Å². The molecule has 140 valence electrons. The zero-order valence-electron chi connectivity index (χ0n) is 15.7. The SMILES string of the molecule is CCOC(=O)c1cc(C)nc(Nc2ccc(-n3cnc(C)c3)c(OC)c2)n1. The lowest BCUT2D eigenvalue weighted by atomic mass is 10.2. The first-order chi connectivity index (χ1) is 13.0. The van der Waals surface area contributed by atoms with Crippen molar-refractivity contribution in [2.24, 2.45) is 0 Å². The number of nitrogens with zero attached hydrogens (tertiary/aromatic N) is 4. The molecule has 0 fully saturated rings. The first kappa shape index (κ1) is 18.4. The van der Waals surface area contributed by atoms with Gasteiger partial charge in [0.1, 0.15) is 5.75 Å². The molecule has 0 saturated heterocycles. The summed E-state index contributed by atoms with van der Waals surface area (Å²) in [5, 5.41) is 3.11. The number of methoxy groups -OCH3 is 1. The van der Waals surface area contributed by atoms with Crippen molar-refractivity contribution in [3.05, 3.63) is 53.9 Å². The molecule has 3 rings (SSSR count). The molecule has 2 heterocycles. The first-order valence-corrected chi connectivity index (χ1v) is 8.49. The normalized spacial score (nSPS) is 10.5. The van der Waals surface area contributed by atoms with E-state index in [2.05, 4.69) is 20.3 Å². The Bertz CT molecular complexity index is 968. The predicted molar refractivity (Wildman–Crippen MR) is 101 cm³/mol. The Morgan fingerprint density at radius 2 is 2.00 bits per heavy atom. The number of esters is 1. The highest BCUT2D eigenvalue weighted by molar-refractivity contribution is 5.87. The van der Waals surface area contributed by atoms with Crippen LogP contribution in [0.3, 0.4) is 0 Å². The topological polar surface area (TPSA) is 91.2 Å². The van der Waals surface area contributed by atoms with Gasteiger partial charge in [-0.1, -0.05) is 0 Å². The van der Waals surface area contributed by atoms with E-state index in [0.29, 0.717) is 17.4 Å². The van der Waals surface area contributed by atoms with E-state index in [0.717, 1.165) is 17.1 Å². The van der Waals surface area contributed by atoms with Gasteiger partial charge in [0, 0.05) is 23.6 Å². The Kier molecular flexibility index (Phi) is 5.35. The van der Waals surface area contributed by atoms with Gasteiger partial charge in [0.25, 0.3) is 0 Å². The van der Waals surface area contributed by atoms with E-state index in [1.54, 1.807) is 33.4 Å². The number of carbonyl (C=O) groups is 1. The van der Waals surface area contributed by atoms with Gasteiger partial charge in [-0.2, -0.15) is 0 Å². The van der Waals surface area contributed by atoms with Gasteiger partial charge in [-0.15, -0.1) is 0 Å². The summed E-state index contributed by atoms with van der Waals surface area (Å²) in [4.78, 5) is 24.7. The van der Waals surface area contributed by atoms with Gasteiger partial charge < -0.3 is 19.4 Å². The average Bonchev–Trinajstić information content (AvgIpc) is 3.07. The van der Waals surface area contributed by atoms with Crippen LogP contribution in [-0.4, -0.2) is 39.2 Å². The van der Waals surface area contributed by atoms with Crippen LogP contribution in [-0.2, 0) is 4.74 Å². The maximum atomic E-state index is 11.9. The lowest BCUT2D eigenvalue weighted by molar-refractivity contribution is 0.0519. The molecule has 0 aliphatic heterocycles. The molecular weight excluding hydrogens is 346 g/mol. The number of hydrogen-bond acceptors (Lipinski definition) is 7. The highest BCUT2D eigenvalue weighted by atomic mass is 16.5. The number of imidazole rings is 1. The lowest BCUT2D eigenvalue weighted by Gasteiger charge is -2.12. The average molecular weight is 367 g/mol. The summed E-state index contributed by atoms with van der Waals surface area (Å²) < 4.78 is 12.4. The van der Waals surface area contributed by atoms with Crippen LogP contribution in [0.1, 0.15) is 28.8 Å². The minimum atomic E-state index is -0.477. The zero-order chi connectivity index (χ0) is 19.4. The minimum absolute atomic E-state index is 0.212. The number of rotatable bonds is 6. The van der Waals surface area contributed by atoms with E-state index in [-0.39, 0.29) is 12.3 Å². The molecule has 1 N–H and O–H groups in total. The molecule has 0 unspecified atom stereocenters. The quantitative estimate of drug-likeness (QED) is 0.669. The van der Waals surface area contributed by atoms with Crippen LogP contribution >= 0.6 is 0 Å². The summed E-state index contributed by atoms with van der Waals surface area (Å²) in [5.41, 5.74) is 3.38. The monoisotopic (exact) mass is 367 g/mol. The summed E-state index contributed by atoms with van der Waals surface area (Å²) in [6.45, 7) is 5.76. The molecule has 2 aromatic heterocycles. The van der Waals surface area contributed by atoms with E-state index >= 15 is 0 Å². The number of anilines is 2. The van der Waals surface area contributed by atoms with Crippen LogP contribution in [0.15, 0.2) is 36.8 Å². The number of benzene rings is 1. The Hall–Kier alpha value is -3.42. The molecule has 0 amide bonds. The fourth-order valence-corrected chi connectivity index (χ4v) is 2.58. The van der Waals surface area contributed by atoms with Crippen LogP contribution in [0, 0.1) is 13.8 Å². The van der Waals surface area contributed by atoms with E-state index in [9.17, 15) is 4.79 Å². The third-order valence-electron chi connectivity index (χ3n) is 3.76. The van der Waals surface area contributed by atoms with Crippen molar-refractivity contribution in [3.8, 4) is 11.4 Å². The molecule has 8 heteroatoms. The second kappa shape index (κ2) is 7.86. The van der Waals surface area contributed by atoms with E-state index in [4.69, 9.17) is 9.47 Å². The second-order valence-electron chi connectivity index (χ2n) is 5.87. The molecule has 0 aliphatic carbocycles. The number of carbonyl (C=O) groups excluding carboxylic acids is 1. The maximum absolute atomic E-state index is 11.9. The molecular formula is C19H21N5O3. The second-order valence-corrected chi connectivity index (χ2v) is 5.87. The smallest absolute Gasteiger partial charge is 0.357 e. The van der Waals surface area contributed by atoms with Gasteiger partial charge in [-0.25, -0.2) is 19.7 Å². The Balaban J connectivity index is 1.89. The summed E-state index contributed by atoms with van der Waals surface area (Å²) >= 11 is 0.